The Labute approximate surface area is 95.4 Å². The predicted molar refractivity (Wildman–Crippen MR) is 63.7 cm³/mol. The van der Waals surface area contributed by atoms with Crippen LogP contribution in [0.4, 0.5) is 11.8 Å². The number of halogens is 1. The van der Waals surface area contributed by atoms with Gasteiger partial charge < -0.3 is 10.6 Å². The van der Waals surface area contributed by atoms with Gasteiger partial charge in [0.25, 0.3) is 0 Å². The summed E-state index contributed by atoms with van der Waals surface area (Å²) in [6.45, 7) is 2.06. The Morgan fingerprint density at radius 3 is 2.86 bits per heavy atom. The maximum absolute atomic E-state index is 5.56. The smallest absolute Gasteiger partial charge is 0.222 e. The van der Waals surface area contributed by atoms with Gasteiger partial charge in [-0.1, -0.05) is 0 Å². The number of hydrogen-bond donors (Lipinski definition) is 1. The van der Waals surface area contributed by atoms with E-state index in [-0.39, 0.29) is 0 Å². The van der Waals surface area contributed by atoms with Crippen LogP contribution >= 0.6 is 27.7 Å². The largest absolute Gasteiger partial charge is 0.368 e. The van der Waals surface area contributed by atoms with Gasteiger partial charge in [-0.2, -0.15) is 16.7 Å². The molecule has 0 atom stereocenters. The summed E-state index contributed by atoms with van der Waals surface area (Å²) < 4.78 is 0.915. The second kappa shape index (κ2) is 4.35. The van der Waals surface area contributed by atoms with Crippen LogP contribution in [0.5, 0.6) is 0 Å². The molecule has 1 fully saturated rings. The van der Waals surface area contributed by atoms with Crippen LogP contribution in [0.1, 0.15) is 0 Å². The van der Waals surface area contributed by atoms with Gasteiger partial charge in [-0.25, -0.2) is 4.98 Å². The Kier molecular flexibility index (Phi) is 3.12. The third-order valence-electron chi connectivity index (χ3n) is 2.05. The van der Waals surface area contributed by atoms with Crippen molar-refractivity contribution in [2.75, 3.05) is 35.2 Å². The van der Waals surface area contributed by atoms with E-state index >= 15 is 0 Å². The lowest BCUT2D eigenvalue weighted by Crippen LogP contribution is -2.33. The molecule has 2 heterocycles. The van der Waals surface area contributed by atoms with Crippen LogP contribution in [0, 0.1) is 0 Å². The number of anilines is 2. The van der Waals surface area contributed by atoms with E-state index in [4.69, 9.17) is 5.73 Å². The van der Waals surface area contributed by atoms with Crippen molar-refractivity contribution in [2.24, 2.45) is 0 Å². The van der Waals surface area contributed by atoms with E-state index in [2.05, 4.69) is 30.8 Å². The highest BCUT2D eigenvalue weighted by Gasteiger charge is 2.15. The molecule has 1 aliphatic heterocycles. The van der Waals surface area contributed by atoms with Crippen molar-refractivity contribution in [1.29, 1.82) is 0 Å². The highest BCUT2D eigenvalue weighted by Crippen LogP contribution is 2.25. The summed E-state index contributed by atoms with van der Waals surface area (Å²) in [5.41, 5.74) is 5.56. The standard InChI is InChI=1S/C8H11BrN4S/c9-6-5-11-8(10)12-7(6)13-1-3-14-4-2-13/h5H,1-4H2,(H2,10,11,12). The maximum atomic E-state index is 5.56. The molecular formula is C8H11BrN4S. The lowest BCUT2D eigenvalue weighted by molar-refractivity contribution is 0.833. The molecule has 1 saturated heterocycles. The van der Waals surface area contributed by atoms with Gasteiger partial charge in [-0.15, -0.1) is 0 Å². The number of rotatable bonds is 1. The van der Waals surface area contributed by atoms with E-state index < -0.39 is 0 Å². The molecule has 4 nitrogen and oxygen atoms in total. The average Bonchev–Trinajstić information content (AvgIpc) is 2.23. The Morgan fingerprint density at radius 2 is 2.14 bits per heavy atom. The molecule has 0 saturated carbocycles. The summed E-state index contributed by atoms with van der Waals surface area (Å²) in [5, 5.41) is 0. The van der Waals surface area contributed by atoms with Gasteiger partial charge in [0.15, 0.2) is 0 Å². The monoisotopic (exact) mass is 274 g/mol. The summed E-state index contributed by atoms with van der Waals surface area (Å²) >= 11 is 5.41. The van der Waals surface area contributed by atoms with E-state index in [1.54, 1.807) is 6.20 Å². The minimum atomic E-state index is 0.335. The van der Waals surface area contributed by atoms with Crippen molar-refractivity contribution in [2.45, 2.75) is 0 Å². The molecule has 2 rings (SSSR count). The highest BCUT2D eigenvalue weighted by molar-refractivity contribution is 9.10. The first-order chi connectivity index (χ1) is 6.77. The SMILES string of the molecule is Nc1ncc(Br)c(N2CCSCC2)n1. The van der Waals surface area contributed by atoms with Crippen LogP contribution in [0.15, 0.2) is 10.7 Å². The lowest BCUT2D eigenvalue weighted by atomic mass is 10.4. The number of thioether (sulfide) groups is 1. The van der Waals surface area contributed by atoms with Gasteiger partial charge in [-0.3, -0.25) is 0 Å². The topological polar surface area (TPSA) is 55.0 Å². The summed E-state index contributed by atoms with van der Waals surface area (Å²) in [6, 6.07) is 0. The fourth-order valence-corrected chi connectivity index (χ4v) is 2.71. The second-order valence-corrected chi connectivity index (χ2v) is 5.08. The van der Waals surface area contributed by atoms with E-state index in [0.29, 0.717) is 5.95 Å². The highest BCUT2D eigenvalue weighted by atomic mass is 79.9. The second-order valence-electron chi connectivity index (χ2n) is 3.00. The van der Waals surface area contributed by atoms with Crippen LogP contribution in [-0.2, 0) is 0 Å². The van der Waals surface area contributed by atoms with Crippen molar-refractivity contribution >= 4 is 39.5 Å². The van der Waals surface area contributed by atoms with Crippen LogP contribution in [0.3, 0.4) is 0 Å². The van der Waals surface area contributed by atoms with Gasteiger partial charge in [0.1, 0.15) is 5.82 Å². The Morgan fingerprint density at radius 1 is 1.43 bits per heavy atom. The minimum Gasteiger partial charge on any atom is -0.368 e. The van der Waals surface area contributed by atoms with Gasteiger partial charge in [0.05, 0.1) is 4.47 Å². The van der Waals surface area contributed by atoms with Gasteiger partial charge in [0.2, 0.25) is 5.95 Å². The Bertz CT molecular complexity index is 327. The molecule has 0 aromatic carbocycles. The summed E-state index contributed by atoms with van der Waals surface area (Å²) in [6.07, 6.45) is 1.71. The van der Waals surface area contributed by atoms with E-state index in [0.717, 1.165) is 34.9 Å². The normalized spacial score (nSPS) is 17.1. The number of nitrogens with two attached hydrogens (primary N) is 1. The van der Waals surface area contributed by atoms with E-state index in [1.807, 2.05) is 11.8 Å². The molecule has 0 bridgehead atoms. The fraction of sp³-hybridized carbons (Fsp3) is 0.500. The molecule has 0 unspecified atom stereocenters. The van der Waals surface area contributed by atoms with Crippen LogP contribution < -0.4 is 10.6 Å². The van der Waals surface area contributed by atoms with Crippen molar-refractivity contribution in [1.82, 2.24) is 9.97 Å². The Balaban J connectivity index is 2.24. The molecule has 0 aliphatic carbocycles. The van der Waals surface area contributed by atoms with Gasteiger partial charge in [-0.05, 0) is 15.9 Å². The predicted octanol–water partition coefficient (Wildman–Crippen LogP) is 1.37. The number of aromatic nitrogens is 2. The van der Waals surface area contributed by atoms with Crippen molar-refractivity contribution in [3.8, 4) is 0 Å². The minimum absolute atomic E-state index is 0.335. The van der Waals surface area contributed by atoms with Gasteiger partial charge in [0, 0.05) is 30.8 Å². The van der Waals surface area contributed by atoms with Crippen LogP contribution in [0.2, 0.25) is 0 Å². The van der Waals surface area contributed by atoms with E-state index in [1.165, 1.54) is 0 Å². The van der Waals surface area contributed by atoms with Crippen molar-refractivity contribution in [3.05, 3.63) is 10.7 Å². The zero-order valence-electron chi connectivity index (χ0n) is 7.61. The molecule has 76 valence electrons. The quantitative estimate of drug-likeness (QED) is 0.839. The first kappa shape index (κ1) is 10.0. The van der Waals surface area contributed by atoms with Crippen molar-refractivity contribution in [3.63, 3.8) is 0 Å². The average molecular weight is 275 g/mol. The van der Waals surface area contributed by atoms with Crippen LogP contribution in [-0.4, -0.2) is 34.6 Å². The molecule has 1 aromatic heterocycles. The first-order valence-electron chi connectivity index (χ1n) is 4.38. The third-order valence-corrected chi connectivity index (χ3v) is 3.56. The molecule has 0 radical (unpaired) electrons. The fourth-order valence-electron chi connectivity index (χ4n) is 1.37. The molecule has 1 aromatic rings. The van der Waals surface area contributed by atoms with Gasteiger partial charge >= 0.3 is 0 Å². The lowest BCUT2D eigenvalue weighted by Gasteiger charge is -2.28. The summed E-state index contributed by atoms with van der Waals surface area (Å²) in [5.74, 6) is 3.55. The molecule has 0 amide bonds. The third kappa shape index (κ3) is 2.12. The van der Waals surface area contributed by atoms with Crippen LogP contribution in [0.25, 0.3) is 0 Å². The molecule has 1 aliphatic rings. The zero-order valence-corrected chi connectivity index (χ0v) is 10.0. The molecule has 2 N–H and O–H groups in total. The first-order valence-corrected chi connectivity index (χ1v) is 6.33. The maximum Gasteiger partial charge on any atom is 0.222 e. The Hall–Kier alpha value is -0.490. The molecule has 0 spiro atoms. The molecular weight excluding hydrogens is 264 g/mol. The summed E-state index contributed by atoms with van der Waals surface area (Å²) in [7, 11) is 0. The summed E-state index contributed by atoms with van der Waals surface area (Å²) in [4.78, 5) is 10.4. The number of nitrogen functional groups attached to an aromatic ring is 1. The van der Waals surface area contributed by atoms with Crippen molar-refractivity contribution < 1.29 is 0 Å². The number of nitrogens with zero attached hydrogens (tertiary/aromatic N) is 3. The molecule has 6 heteroatoms. The zero-order chi connectivity index (χ0) is 9.97. The number of hydrogen-bond acceptors (Lipinski definition) is 5. The van der Waals surface area contributed by atoms with E-state index in [9.17, 15) is 0 Å². The molecule has 14 heavy (non-hydrogen) atoms.